The molecule has 0 spiro atoms. The number of halogens is 2. The van der Waals surface area contributed by atoms with Crippen molar-refractivity contribution in [2.45, 2.75) is 6.92 Å². The molecule has 14 heavy (non-hydrogen) atoms. The van der Waals surface area contributed by atoms with E-state index < -0.39 is 0 Å². The van der Waals surface area contributed by atoms with E-state index >= 15 is 0 Å². The van der Waals surface area contributed by atoms with Crippen LogP contribution in [-0.4, -0.2) is 11.6 Å². The Hall–Kier alpha value is -0.320. The number of fused-ring (bicyclic) bond motifs is 1. The highest BCUT2D eigenvalue weighted by Gasteiger charge is 2.07. The summed E-state index contributed by atoms with van der Waals surface area (Å²) in [6, 6.07) is 3.74. The predicted octanol–water partition coefficient (Wildman–Crippen LogP) is 4.11. The summed E-state index contributed by atoms with van der Waals surface area (Å²) in [5, 5.41) is 0.632. The average molecular weight is 293 g/mol. The molecule has 0 unspecified atom stereocenters. The summed E-state index contributed by atoms with van der Waals surface area (Å²) in [5.41, 5.74) is 0.826. The maximum atomic E-state index is 6.05. The first-order chi connectivity index (χ1) is 6.70. The molecule has 0 saturated carbocycles. The number of thiazole rings is 1. The van der Waals surface area contributed by atoms with Crippen molar-refractivity contribution in [2.24, 2.45) is 0 Å². The number of ether oxygens (including phenoxy) is 1. The van der Waals surface area contributed by atoms with Crippen molar-refractivity contribution < 1.29 is 4.74 Å². The minimum Gasteiger partial charge on any atom is -0.494 e. The molecule has 0 amide bonds. The van der Waals surface area contributed by atoms with E-state index in [0.717, 1.165) is 19.9 Å². The van der Waals surface area contributed by atoms with Crippen LogP contribution in [0.3, 0.4) is 0 Å². The van der Waals surface area contributed by atoms with Gasteiger partial charge in [-0.3, -0.25) is 0 Å². The smallest absolute Gasteiger partial charge is 0.160 e. The molecule has 0 aliphatic rings. The Morgan fingerprint density at radius 3 is 3.07 bits per heavy atom. The van der Waals surface area contributed by atoms with Crippen LogP contribution in [0.5, 0.6) is 5.75 Å². The molecule has 0 bridgehead atoms. The Balaban J connectivity index is 2.59. The maximum Gasteiger partial charge on any atom is 0.160 e. The zero-order valence-electron chi connectivity index (χ0n) is 7.38. The summed E-state index contributed by atoms with van der Waals surface area (Å²) in [5.74, 6) is 0.793. The van der Waals surface area contributed by atoms with Gasteiger partial charge < -0.3 is 4.74 Å². The SMILES string of the molecule is CCOc1cc(Cl)c2nc(Br)sc2c1. The van der Waals surface area contributed by atoms with Crippen LogP contribution >= 0.6 is 38.9 Å². The van der Waals surface area contributed by atoms with E-state index in [4.69, 9.17) is 16.3 Å². The van der Waals surface area contributed by atoms with Gasteiger partial charge >= 0.3 is 0 Å². The third-order valence-corrected chi connectivity index (χ3v) is 3.45. The van der Waals surface area contributed by atoms with Crippen molar-refractivity contribution in [1.29, 1.82) is 0 Å². The van der Waals surface area contributed by atoms with E-state index in [0.29, 0.717) is 11.6 Å². The normalized spacial score (nSPS) is 10.8. The topological polar surface area (TPSA) is 22.1 Å². The fourth-order valence-electron chi connectivity index (χ4n) is 1.19. The van der Waals surface area contributed by atoms with E-state index in [1.54, 1.807) is 17.4 Å². The lowest BCUT2D eigenvalue weighted by Gasteiger charge is -2.02. The molecule has 0 saturated heterocycles. The van der Waals surface area contributed by atoms with Crippen LogP contribution in [0.25, 0.3) is 10.2 Å². The van der Waals surface area contributed by atoms with Crippen molar-refractivity contribution in [1.82, 2.24) is 4.98 Å². The van der Waals surface area contributed by atoms with Crippen LogP contribution in [0.1, 0.15) is 6.92 Å². The van der Waals surface area contributed by atoms with Crippen LogP contribution in [-0.2, 0) is 0 Å². The molecule has 0 N–H and O–H groups in total. The van der Waals surface area contributed by atoms with Gasteiger partial charge in [-0.05, 0) is 28.9 Å². The number of nitrogens with zero attached hydrogens (tertiary/aromatic N) is 1. The largest absolute Gasteiger partial charge is 0.494 e. The van der Waals surface area contributed by atoms with E-state index in [1.807, 2.05) is 13.0 Å². The van der Waals surface area contributed by atoms with E-state index in [-0.39, 0.29) is 0 Å². The van der Waals surface area contributed by atoms with Gasteiger partial charge in [0.25, 0.3) is 0 Å². The van der Waals surface area contributed by atoms with Gasteiger partial charge in [-0.2, -0.15) is 0 Å². The van der Waals surface area contributed by atoms with Crippen LogP contribution < -0.4 is 4.74 Å². The van der Waals surface area contributed by atoms with Crippen LogP contribution in [0.2, 0.25) is 5.02 Å². The summed E-state index contributed by atoms with van der Waals surface area (Å²) >= 11 is 10.9. The maximum absolute atomic E-state index is 6.05. The van der Waals surface area contributed by atoms with Crippen molar-refractivity contribution in [3.8, 4) is 5.75 Å². The lowest BCUT2D eigenvalue weighted by molar-refractivity contribution is 0.341. The van der Waals surface area contributed by atoms with Gasteiger partial charge in [-0.25, -0.2) is 4.98 Å². The lowest BCUT2D eigenvalue weighted by atomic mass is 10.3. The number of hydrogen-bond acceptors (Lipinski definition) is 3. The van der Waals surface area contributed by atoms with Gasteiger partial charge in [0.05, 0.1) is 16.3 Å². The number of aromatic nitrogens is 1. The standard InChI is InChI=1S/C9H7BrClNOS/c1-2-13-5-3-6(11)8-7(4-5)14-9(10)12-8/h3-4H,2H2,1H3. The number of hydrogen-bond donors (Lipinski definition) is 0. The Labute approximate surface area is 99.0 Å². The van der Waals surface area contributed by atoms with Crippen LogP contribution in [0.15, 0.2) is 16.0 Å². The highest BCUT2D eigenvalue weighted by molar-refractivity contribution is 9.11. The molecule has 2 nitrogen and oxygen atoms in total. The molecule has 0 aliphatic carbocycles. The molecule has 0 radical (unpaired) electrons. The third-order valence-electron chi connectivity index (χ3n) is 1.71. The van der Waals surface area contributed by atoms with Gasteiger partial charge in [0.15, 0.2) is 3.92 Å². The van der Waals surface area contributed by atoms with Crippen LogP contribution in [0.4, 0.5) is 0 Å². The van der Waals surface area contributed by atoms with Crippen molar-refractivity contribution in [2.75, 3.05) is 6.61 Å². The second-order valence-electron chi connectivity index (χ2n) is 2.65. The summed E-state index contributed by atoms with van der Waals surface area (Å²) in [6.07, 6.45) is 0. The van der Waals surface area contributed by atoms with Crippen molar-refractivity contribution in [3.05, 3.63) is 21.1 Å². The monoisotopic (exact) mass is 291 g/mol. The molecule has 2 aromatic rings. The van der Waals surface area contributed by atoms with Gasteiger partial charge in [0.1, 0.15) is 11.3 Å². The fourth-order valence-corrected chi connectivity index (χ4v) is 2.94. The zero-order valence-corrected chi connectivity index (χ0v) is 10.5. The zero-order chi connectivity index (χ0) is 10.1. The van der Waals surface area contributed by atoms with Gasteiger partial charge in [0.2, 0.25) is 0 Å². The Kier molecular flexibility index (Phi) is 2.95. The first-order valence-electron chi connectivity index (χ1n) is 4.09. The van der Waals surface area contributed by atoms with Gasteiger partial charge in [0, 0.05) is 6.07 Å². The lowest BCUT2D eigenvalue weighted by Crippen LogP contribution is -1.90. The molecule has 1 aromatic heterocycles. The molecule has 2 rings (SSSR count). The summed E-state index contributed by atoms with van der Waals surface area (Å²) in [4.78, 5) is 4.26. The second-order valence-corrected chi connectivity index (χ2v) is 5.37. The Bertz CT molecular complexity index is 471. The molecule has 1 aromatic carbocycles. The average Bonchev–Trinajstić information content (AvgIpc) is 2.47. The predicted molar refractivity (Wildman–Crippen MR) is 63.5 cm³/mol. The van der Waals surface area contributed by atoms with Crippen molar-refractivity contribution in [3.63, 3.8) is 0 Å². The number of benzene rings is 1. The molecule has 5 heteroatoms. The van der Waals surface area contributed by atoms with Gasteiger partial charge in [-0.1, -0.05) is 11.6 Å². The summed E-state index contributed by atoms with van der Waals surface area (Å²) in [6.45, 7) is 2.59. The highest BCUT2D eigenvalue weighted by Crippen LogP contribution is 2.34. The van der Waals surface area contributed by atoms with E-state index in [2.05, 4.69) is 20.9 Å². The second kappa shape index (κ2) is 4.04. The molecular weight excluding hydrogens is 286 g/mol. The third kappa shape index (κ3) is 1.87. The molecule has 0 atom stereocenters. The van der Waals surface area contributed by atoms with Crippen LogP contribution in [0, 0.1) is 0 Å². The first-order valence-corrected chi connectivity index (χ1v) is 6.08. The van der Waals surface area contributed by atoms with Crippen molar-refractivity contribution >= 4 is 49.1 Å². The summed E-state index contributed by atoms with van der Waals surface area (Å²) < 4.78 is 7.25. The molecule has 0 fully saturated rings. The highest BCUT2D eigenvalue weighted by atomic mass is 79.9. The minimum atomic E-state index is 0.632. The Morgan fingerprint density at radius 2 is 2.36 bits per heavy atom. The van der Waals surface area contributed by atoms with Gasteiger partial charge in [-0.15, -0.1) is 11.3 Å². The fraction of sp³-hybridized carbons (Fsp3) is 0.222. The molecule has 1 heterocycles. The summed E-state index contributed by atoms with van der Waals surface area (Å²) in [7, 11) is 0. The quantitative estimate of drug-likeness (QED) is 0.831. The Morgan fingerprint density at radius 1 is 1.57 bits per heavy atom. The molecule has 74 valence electrons. The molecule has 0 aliphatic heterocycles. The van der Waals surface area contributed by atoms with E-state index in [9.17, 15) is 0 Å². The first kappa shape index (κ1) is 10.2. The number of rotatable bonds is 2. The molecular formula is C9H7BrClNOS. The van der Waals surface area contributed by atoms with E-state index in [1.165, 1.54) is 0 Å². The minimum absolute atomic E-state index is 0.632.